The first-order chi connectivity index (χ1) is 7.72. The highest BCUT2D eigenvalue weighted by Crippen LogP contribution is 2.12. The van der Waals surface area contributed by atoms with E-state index in [0.717, 1.165) is 18.4 Å². The molecule has 3 heteroatoms. The summed E-state index contributed by atoms with van der Waals surface area (Å²) >= 11 is 0. The second kappa shape index (κ2) is 6.88. The highest BCUT2D eigenvalue weighted by atomic mass is 16.5. The molecule has 0 aliphatic rings. The van der Waals surface area contributed by atoms with Crippen LogP contribution in [0.15, 0.2) is 24.3 Å². The number of ether oxygens (including phenoxy) is 1. The molecule has 0 aromatic heterocycles. The number of phenols is 1. The highest BCUT2D eigenvalue weighted by Gasteiger charge is 2.03. The van der Waals surface area contributed by atoms with Crippen molar-refractivity contribution in [3.63, 3.8) is 0 Å². The van der Waals surface area contributed by atoms with Crippen molar-refractivity contribution in [3.05, 3.63) is 29.8 Å². The smallest absolute Gasteiger partial charge is 0.306 e. The summed E-state index contributed by atoms with van der Waals surface area (Å²) in [5.74, 6) is 0.0636. The maximum absolute atomic E-state index is 11.3. The van der Waals surface area contributed by atoms with Crippen molar-refractivity contribution in [1.82, 2.24) is 0 Å². The minimum absolute atomic E-state index is 0.170. The number of rotatable bonds is 6. The monoisotopic (exact) mass is 222 g/mol. The number of phenolic OH excluding ortho intramolecular Hbond substituents is 1. The van der Waals surface area contributed by atoms with E-state index in [-0.39, 0.29) is 11.7 Å². The van der Waals surface area contributed by atoms with Crippen molar-refractivity contribution >= 4 is 5.97 Å². The third-order valence-corrected chi connectivity index (χ3v) is 2.29. The van der Waals surface area contributed by atoms with Crippen molar-refractivity contribution in [2.75, 3.05) is 6.61 Å². The first kappa shape index (κ1) is 12.6. The molecule has 88 valence electrons. The van der Waals surface area contributed by atoms with E-state index in [4.69, 9.17) is 4.74 Å². The van der Waals surface area contributed by atoms with Gasteiger partial charge in [-0.25, -0.2) is 0 Å². The standard InChI is InChI=1S/C13H18O3/c1-2-3-9-16-13(15)8-7-11-5-4-6-12(14)10-11/h4-6,10,14H,2-3,7-9H2,1H3. The molecule has 0 unspecified atom stereocenters. The van der Waals surface area contributed by atoms with Crippen LogP contribution < -0.4 is 0 Å². The van der Waals surface area contributed by atoms with Gasteiger partial charge in [0.15, 0.2) is 0 Å². The summed E-state index contributed by atoms with van der Waals surface area (Å²) in [5, 5.41) is 9.24. The van der Waals surface area contributed by atoms with Gasteiger partial charge in [-0.3, -0.25) is 4.79 Å². The first-order valence-electron chi connectivity index (χ1n) is 5.66. The molecule has 1 aromatic carbocycles. The number of aromatic hydroxyl groups is 1. The lowest BCUT2D eigenvalue weighted by molar-refractivity contribution is -0.143. The van der Waals surface area contributed by atoms with E-state index in [0.29, 0.717) is 19.4 Å². The van der Waals surface area contributed by atoms with Crippen LogP contribution in [-0.2, 0) is 16.0 Å². The Balaban J connectivity index is 2.26. The maximum Gasteiger partial charge on any atom is 0.306 e. The van der Waals surface area contributed by atoms with E-state index in [1.807, 2.05) is 6.07 Å². The molecule has 0 heterocycles. The minimum atomic E-state index is -0.170. The first-order valence-corrected chi connectivity index (χ1v) is 5.66. The molecule has 0 radical (unpaired) electrons. The average molecular weight is 222 g/mol. The summed E-state index contributed by atoms with van der Waals surface area (Å²) in [6.45, 7) is 2.57. The molecule has 0 atom stereocenters. The van der Waals surface area contributed by atoms with Crippen LogP contribution in [0.1, 0.15) is 31.7 Å². The molecule has 0 aliphatic heterocycles. The van der Waals surface area contributed by atoms with E-state index in [9.17, 15) is 9.90 Å². The number of carbonyl (C=O) groups is 1. The van der Waals surface area contributed by atoms with Crippen molar-refractivity contribution in [2.45, 2.75) is 32.6 Å². The summed E-state index contributed by atoms with van der Waals surface area (Å²) < 4.78 is 5.03. The predicted octanol–water partition coefficient (Wildman–Crippen LogP) is 2.67. The lowest BCUT2D eigenvalue weighted by atomic mass is 10.1. The molecule has 1 aromatic rings. The number of hydrogen-bond acceptors (Lipinski definition) is 3. The van der Waals surface area contributed by atoms with Gasteiger partial charge in [-0.2, -0.15) is 0 Å². The van der Waals surface area contributed by atoms with Gasteiger partial charge in [-0.1, -0.05) is 25.5 Å². The summed E-state index contributed by atoms with van der Waals surface area (Å²) in [4.78, 5) is 11.3. The second-order valence-corrected chi connectivity index (χ2v) is 3.74. The van der Waals surface area contributed by atoms with Gasteiger partial charge in [0.05, 0.1) is 6.61 Å². The molecule has 0 amide bonds. The number of hydrogen-bond donors (Lipinski definition) is 1. The Morgan fingerprint density at radius 1 is 1.44 bits per heavy atom. The topological polar surface area (TPSA) is 46.5 Å². The average Bonchev–Trinajstić information content (AvgIpc) is 2.27. The Bertz CT molecular complexity index is 334. The lowest BCUT2D eigenvalue weighted by Gasteiger charge is -2.04. The molecule has 3 nitrogen and oxygen atoms in total. The number of aryl methyl sites for hydroxylation is 1. The van der Waals surface area contributed by atoms with Gasteiger partial charge >= 0.3 is 5.97 Å². The molecule has 0 aliphatic carbocycles. The Kier molecular flexibility index (Phi) is 5.40. The quantitative estimate of drug-likeness (QED) is 0.594. The van der Waals surface area contributed by atoms with E-state index in [1.165, 1.54) is 0 Å². The van der Waals surface area contributed by atoms with Gasteiger partial charge in [-0.05, 0) is 30.5 Å². The van der Waals surface area contributed by atoms with E-state index in [2.05, 4.69) is 6.92 Å². The lowest BCUT2D eigenvalue weighted by Crippen LogP contribution is -2.06. The Hall–Kier alpha value is -1.51. The molecule has 0 saturated carbocycles. The molecule has 0 fully saturated rings. The van der Waals surface area contributed by atoms with Crippen molar-refractivity contribution < 1.29 is 14.6 Å². The fourth-order valence-corrected chi connectivity index (χ4v) is 1.36. The summed E-state index contributed by atoms with van der Waals surface area (Å²) in [7, 11) is 0. The normalized spacial score (nSPS) is 10.1. The SMILES string of the molecule is CCCCOC(=O)CCc1cccc(O)c1. The molecule has 1 N–H and O–H groups in total. The van der Waals surface area contributed by atoms with Crippen molar-refractivity contribution in [3.8, 4) is 5.75 Å². The van der Waals surface area contributed by atoms with Crippen molar-refractivity contribution in [1.29, 1.82) is 0 Å². The number of unbranched alkanes of at least 4 members (excludes halogenated alkanes) is 1. The fraction of sp³-hybridized carbons (Fsp3) is 0.462. The molecule has 0 saturated heterocycles. The zero-order chi connectivity index (χ0) is 11.8. The molecule has 1 rings (SSSR count). The molecular weight excluding hydrogens is 204 g/mol. The van der Waals surface area contributed by atoms with Gasteiger partial charge in [0.2, 0.25) is 0 Å². The summed E-state index contributed by atoms with van der Waals surface area (Å²) in [5.41, 5.74) is 0.951. The Morgan fingerprint density at radius 2 is 2.25 bits per heavy atom. The summed E-state index contributed by atoms with van der Waals surface area (Å²) in [6, 6.07) is 6.94. The molecule has 0 spiro atoms. The molecular formula is C13H18O3. The van der Waals surface area contributed by atoms with Crippen LogP contribution in [0.25, 0.3) is 0 Å². The van der Waals surface area contributed by atoms with Crippen molar-refractivity contribution in [2.24, 2.45) is 0 Å². The van der Waals surface area contributed by atoms with E-state index >= 15 is 0 Å². The fourth-order valence-electron chi connectivity index (χ4n) is 1.36. The van der Waals surface area contributed by atoms with Gasteiger partial charge in [0.1, 0.15) is 5.75 Å². The number of esters is 1. The second-order valence-electron chi connectivity index (χ2n) is 3.74. The molecule has 0 bridgehead atoms. The zero-order valence-corrected chi connectivity index (χ0v) is 9.61. The van der Waals surface area contributed by atoms with Crippen LogP contribution in [0.2, 0.25) is 0 Å². The third kappa shape index (κ3) is 4.82. The highest BCUT2D eigenvalue weighted by molar-refractivity contribution is 5.69. The Morgan fingerprint density at radius 3 is 2.94 bits per heavy atom. The van der Waals surface area contributed by atoms with Crippen LogP contribution in [0.3, 0.4) is 0 Å². The van der Waals surface area contributed by atoms with Crippen LogP contribution in [0, 0.1) is 0 Å². The van der Waals surface area contributed by atoms with Crippen LogP contribution in [-0.4, -0.2) is 17.7 Å². The minimum Gasteiger partial charge on any atom is -0.508 e. The predicted molar refractivity (Wildman–Crippen MR) is 62.3 cm³/mol. The maximum atomic E-state index is 11.3. The van der Waals surface area contributed by atoms with Gasteiger partial charge in [0, 0.05) is 6.42 Å². The zero-order valence-electron chi connectivity index (χ0n) is 9.61. The molecule has 16 heavy (non-hydrogen) atoms. The van der Waals surface area contributed by atoms with Gasteiger partial charge in [-0.15, -0.1) is 0 Å². The van der Waals surface area contributed by atoms with Gasteiger partial charge < -0.3 is 9.84 Å². The third-order valence-electron chi connectivity index (χ3n) is 2.29. The van der Waals surface area contributed by atoms with Crippen LogP contribution in [0.4, 0.5) is 0 Å². The van der Waals surface area contributed by atoms with Crippen LogP contribution >= 0.6 is 0 Å². The van der Waals surface area contributed by atoms with E-state index < -0.39 is 0 Å². The van der Waals surface area contributed by atoms with E-state index in [1.54, 1.807) is 18.2 Å². The number of carbonyl (C=O) groups excluding carboxylic acids is 1. The summed E-state index contributed by atoms with van der Waals surface area (Å²) in [6.07, 6.45) is 2.92. The Labute approximate surface area is 96.1 Å². The number of benzene rings is 1. The largest absolute Gasteiger partial charge is 0.508 e. The van der Waals surface area contributed by atoms with Gasteiger partial charge in [0.25, 0.3) is 0 Å². The van der Waals surface area contributed by atoms with Crippen LogP contribution in [0.5, 0.6) is 5.75 Å².